The largest absolute Gasteiger partial charge is 0.345 e. The number of amides is 1. The maximum absolute atomic E-state index is 11.5. The lowest BCUT2D eigenvalue weighted by Crippen LogP contribution is -2.23. The Morgan fingerprint density at radius 1 is 1.53 bits per heavy atom. The summed E-state index contributed by atoms with van der Waals surface area (Å²) in [7, 11) is 0. The minimum atomic E-state index is -0.181. The van der Waals surface area contributed by atoms with E-state index >= 15 is 0 Å². The molecule has 0 radical (unpaired) electrons. The molecule has 0 aromatic carbocycles. The zero-order valence-corrected chi connectivity index (χ0v) is 7.84. The molecular weight excluding hydrogens is 194 g/mol. The molecule has 0 fully saturated rings. The van der Waals surface area contributed by atoms with Crippen molar-refractivity contribution >= 4 is 5.91 Å². The number of aromatic amines is 1. The van der Waals surface area contributed by atoms with E-state index in [0.717, 1.165) is 0 Å². The van der Waals surface area contributed by atoms with E-state index in [2.05, 4.69) is 25.5 Å². The van der Waals surface area contributed by atoms with Crippen molar-refractivity contribution in [3.05, 3.63) is 42.2 Å². The third-order valence-electron chi connectivity index (χ3n) is 1.81. The maximum Gasteiger partial charge on any atom is 0.253 e. The Morgan fingerprint density at radius 2 is 2.47 bits per heavy atom. The smallest absolute Gasteiger partial charge is 0.253 e. The summed E-state index contributed by atoms with van der Waals surface area (Å²) in [4.78, 5) is 19.3. The fourth-order valence-corrected chi connectivity index (χ4v) is 1.08. The highest BCUT2D eigenvalue weighted by Gasteiger charge is 2.04. The van der Waals surface area contributed by atoms with Crippen LogP contribution < -0.4 is 5.32 Å². The van der Waals surface area contributed by atoms with Gasteiger partial charge in [0.25, 0.3) is 5.91 Å². The SMILES string of the molecule is O=C(NCc1ncn[nH]1)c1cccnc1. The molecule has 0 unspecified atom stereocenters. The van der Waals surface area contributed by atoms with Crippen molar-refractivity contribution in [2.45, 2.75) is 6.54 Å². The van der Waals surface area contributed by atoms with Gasteiger partial charge in [0.05, 0.1) is 12.1 Å². The zero-order chi connectivity index (χ0) is 10.5. The lowest BCUT2D eigenvalue weighted by molar-refractivity contribution is 0.0949. The number of nitrogens with zero attached hydrogens (tertiary/aromatic N) is 3. The minimum absolute atomic E-state index is 0.181. The third kappa shape index (κ3) is 2.37. The number of rotatable bonds is 3. The van der Waals surface area contributed by atoms with Crippen LogP contribution in [0.25, 0.3) is 0 Å². The van der Waals surface area contributed by atoms with Gasteiger partial charge in [-0.3, -0.25) is 14.9 Å². The maximum atomic E-state index is 11.5. The number of aromatic nitrogens is 4. The lowest BCUT2D eigenvalue weighted by atomic mass is 10.3. The number of hydrogen-bond donors (Lipinski definition) is 2. The average Bonchev–Trinajstić information content (AvgIpc) is 2.80. The lowest BCUT2D eigenvalue weighted by Gasteiger charge is -2.01. The van der Waals surface area contributed by atoms with Crippen LogP contribution in [0.15, 0.2) is 30.9 Å². The Balaban J connectivity index is 1.94. The average molecular weight is 203 g/mol. The summed E-state index contributed by atoms with van der Waals surface area (Å²) >= 11 is 0. The Hall–Kier alpha value is -2.24. The van der Waals surface area contributed by atoms with Crippen LogP contribution in [0.4, 0.5) is 0 Å². The molecule has 0 spiro atoms. The second kappa shape index (κ2) is 4.32. The summed E-state index contributed by atoms with van der Waals surface area (Å²) in [6.45, 7) is 0.327. The molecule has 0 aliphatic carbocycles. The minimum Gasteiger partial charge on any atom is -0.345 e. The molecule has 0 saturated carbocycles. The quantitative estimate of drug-likeness (QED) is 0.742. The fourth-order valence-electron chi connectivity index (χ4n) is 1.08. The van der Waals surface area contributed by atoms with Crippen molar-refractivity contribution in [2.75, 3.05) is 0 Å². The topological polar surface area (TPSA) is 83.6 Å². The van der Waals surface area contributed by atoms with Gasteiger partial charge in [-0.1, -0.05) is 0 Å². The van der Waals surface area contributed by atoms with Crippen LogP contribution in [0.3, 0.4) is 0 Å². The number of carbonyl (C=O) groups excluding carboxylic acids is 1. The first kappa shape index (κ1) is 9.32. The molecule has 2 aromatic rings. The normalized spacial score (nSPS) is 9.87. The Morgan fingerprint density at radius 3 is 3.13 bits per heavy atom. The van der Waals surface area contributed by atoms with Crippen LogP contribution >= 0.6 is 0 Å². The van der Waals surface area contributed by atoms with Crippen LogP contribution in [0.2, 0.25) is 0 Å². The van der Waals surface area contributed by atoms with E-state index in [1.807, 2.05) is 0 Å². The molecule has 76 valence electrons. The van der Waals surface area contributed by atoms with Crippen molar-refractivity contribution in [2.24, 2.45) is 0 Å². The van der Waals surface area contributed by atoms with Crippen molar-refractivity contribution < 1.29 is 4.79 Å². The molecule has 2 aromatic heterocycles. The van der Waals surface area contributed by atoms with Gasteiger partial charge in [-0.15, -0.1) is 0 Å². The summed E-state index contributed by atoms with van der Waals surface area (Å²) in [6, 6.07) is 3.41. The summed E-state index contributed by atoms with van der Waals surface area (Å²) in [5, 5.41) is 9.01. The second-order valence-electron chi connectivity index (χ2n) is 2.86. The molecule has 6 heteroatoms. The van der Waals surface area contributed by atoms with E-state index in [-0.39, 0.29) is 5.91 Å². The van der Waals surface area contributed by atoms with Crippen LogP contribution in [-0.4, -0.2) is 26.1 Å². The first-order chi connectivity index (χ1) is 7.36. The molecule has 15 heavy (non-hydrogen) atoms. The molecule has 1 amide bonds. The number of nitrogens with one attached hydrogen (secondary N) is 2. The Bertz CT molecular complexity index is 425. The molecular formula is C9H9N5O. The highest BCUT2D eigenvalue weighted by atomic mass is 16.1. The van der Waals surface area contributed by atoms with Crippen molar-refractivity contribution in [3.8, 4) is 0 Å². The molecule has 0 aliphatic rings. The van der Waals surface area contributed by atoms with Crippen molar-refractivity contribution in [1.82, 2.24) is 25.5 Å². The number of H-pyrrole nitrogens is 1. The number of hydrogen-bond acceptors (Lipinski definition) is 4. The van der Waals surface area contributed by atoms with Gasteiger partial charge in [-0.2, -0.15) is 5.10 Å². The molecule has 0 bridgehead atoms. The van der Waals surface area contributed by atoms with E-state index in [1.54, 1.807) is 18.3 Å². The predicted molar refractivity (Wildman–Crippen MR) is 51.8 cm³/mol. The van der Waals surface area contributed by atoms with Crippen LogP contribution in [0, 0.1) is 0 Å². The van der Waals surface area contributed by atoms with E-state index < -0.39 is 0 Å². The van der Waals surface area contributed by atoms with Gasteiger partial charge in [-0.25, -0.2) is 4.98 Å². The van der Waals surface area contributed by atoms with Gasteiger partial charge >= 0.3 is 0 Å². The van der Waals surface area contributed by atoms with E-state index in [1.165, 1.54) is 12.5 Å². The molecule has 0 saturated heterocycles. The summed E-state index contributed by atoms with van der Waals surface area (Å²) in [6.07, 6.45) is 4.52. The van der Waals surface area contributed by atoms with Crippen molar-refractivity contribution in [3.63, 3.8) is 0 Å². The first-order valence-electron chi connectivity index (χ1n) is 4.39. The monoisotopic (exact) mass is 203 g/mol. The van der Waals surface area contributed by atoms with E-state index in [9.17, 15) is 4.79 Å². The summed E-state index contributed by atoms with van der Waals surface area (Å²) in [5.41, 5.74) is 0.525. The van der Waals surface area contributed by atoms with Gasteiger partial charge in [0.2, 0.25) is 0 Å². The third-order valence-corrected chi connectivity index (χ3v) is 1.81. The predicted octanol–water partition coefficient (Wildman–Crippen LogP) is 0.130. The van der Waals surface area contributed by atoms with Crippen LogP contribution in [0.5, 0.6) is 0 Å². The summed E-state index contributed by atoms with van der Waals surface area (Å²) in [5.74, 6) is 0.437. The highest BCUT2D eigenvalue weighted by Crippen LogP contribution is 1.95. The van der Waals surface area contributed by atoms with Crippen molar-refractivity contribution in [1.29, 1.82) is 0 Å². The van der Waals surface area contributed by atoms with Gasteiger partial charge in [-0.05, 0) is 12.1 Å². The molecule has 2 heterocycles. The Kier molecular flexibility index (Phi) is 2.68. The zero-order valence-electron chi connectivity index (χ0n) is 7.84. The highest BCUT2D eigenvalue weighted by molar-refractivity contribution is 5.93. The van der Waals surface area contributed by atoms with Crippen LogP contribution in [0.1, 0.15) is 16.2 Å². The molecule has 2 rings (SSSR count). The molecule has 0 aliphatic heterocycles. The van der Waals surface area contributed by atoms with Gasteiger partial charge in [0.1, 0.15) is 12.2 Å². The second-order valence-corrected chi connectivity index (χ2v) is 2.86. The molecule has 6 nitrogen and oxygen atoms in total. The fraction of sp³-hybridized carbons (Fsp3) is 0.111. The number of carbonyl (C=O) groups is 1. The van der Waals surface area contributed by atoms with Crippen LogP contribution in [-0.2, 0) is 6.54 Å². The van der Waals surface area contributed by atoms with Gasteiger partial charge in [0.15, 0.2) is 0 Å². The van der Waals surface area contributed by atoms with Gasteiger partial charge in [0, 0.05) is 12.4 Å². The molecule has 0 atom stereocenters. The number of pyridine rings is 1. The Labute approximate surface area is 85.8 Å². The first-order valence-corrected chi connectivity index (χ1v) is 4.39. The van der Waals surface area contributed by atoms with E-state index in [4.69, 9.17) is 0 Å². The molecule has 2 N–H and O–H groups in total. The standard InChI is InChI=1S/C9H9N5O/c15-9(7-2-1-3-10-4-7)11-5-8-12-6-13-14-8/h1-4,6H,5H2,(H,11,15)(H,12,13,14). The van der Waals surface area contributed by atoms with Gasteiger partial charge < -0.3 is 5.32 Å². The van der Waals surface area contributed by atoms with E-state index in [0.29, 0.717) is 17.9 Å². The summed E-state index contributed by atoms with van der Waals surface area (Å²) < 4.78 is 0.